The zero-order chi connectivity index (χ0) is 12.3. The number of nitrogens with zero attached hydrogens (tertiary/aromatic N) is 1. The van der Waals surface area contributed by atoms with Crippen molar-refractivity contribution in [1.29, 1.82) is 0 Å². The summed E-state index contributed by atoms with van der Waals surface area (Å²) in [5, 5.41) is 0. The molecule has 2 rings (SSSR count). The van der Waals surface area contributed by atoms with Gasteiger partial charge in [-0.2, -0.15) is 0 Å². The molecule has 1 heterocycles. The fraction of sp³-hybridized carbons (Fsp3) is 1.00. The Morgan fingerprint density at radius 3 is 2.59 bits per heavy atom. The van der Waals surface area contributed by atoms with Crippen LogP contribution in [0.3, 0.4) is 0 Å². The van der Waals surface area contributed by atoms with Gasteiger partial charge in [-0.15, -0.1) is 0 Å². The minimum absolute atomic E-state index is 0.666. The minimum Gasteiger partial charge on any atom is -0.329 e. The molecule has 1 saturated heterocycles. The Morgan fingerprint density at radius 2 is 1.88 bits per heavy atom. The lowest BCUT2D eigenvalue weighted by Crippen LogP contribution is -2.54. The number of hydrogen-bond acceptors (Lipinski definition) is 2. The Bertz CT molecular complexity index is 229. The van der Waals surface area contributed by atoms with Crippen molar-refractivity contribution < 1.29 is 0 Å². The summed E-state index contributed by atoms with van der Waals surface area (Å²) in [6.07, 6.45) is 11.2. The Kier molecular flexibility index (Phi) is 4.87. The van der Waals surface area contributed by atoms with Gasteiger partial charge in [0.2, 0.25) is 0 Å². The summed E-state index contributed by atoms with van der Waals surface area (Å²) < 4.78 is 0. The highest BCUT2D eigenvalue weighted by Gasteiger charge is 2.34. The highest BCUT2D eigenvalue weighted by Crippen LogP contribution is 2.34. The predicted molar refractivity (Wildman–Crippen MR) is 74.0 cm³/mol. The van der Waals surface area contributed by atoms with Gasteiger partial charge >= 0.3 is 0 Å². The van der Waals surface area contributed by atoms with E-state index >= 15 is 0 Å². The molecule has 1 aliphatic carbocycles. The van der Waals surface area contributed by atoms with Crippen LogP contribution in [-0.4, -0.2) is 29.6 Å². The summed E-state index contributed by atoms with van der Waals surface area (Å²) in [5.74, 6) is 0.973. The first-order valence-electron chi connectivity index (χ1n) is 7.73. The van der Waals surface area contributed by atoms with Crippen LogP contribution in [0.4, 0.5) is 0 Å². The van der Waals surface area contributed by atoms with Gasteiger partial charge in [-0.3, -0.25) is 4.90 Å². The monoisotopic (exact) mass is 238 g/mol. The molecular weight excluding hydrogens is 208 g/mol. The van der Waals surface area contributed by atoms with E-state index in [-0.39, 0.29) is 0 Å². The second-order valence-electron chi connectivity index (χ2n) is 6.21. The van der Waals surface area contributed by atoms with Crippen LogP contribution in [0.1, 0.15) is 65.2 Å². The van der Waals surface area contributed by atoms with Gasteiger partial charge in [-0.1, -0.05) is 32.6 Å². The van der Waals surface area contributed by atoms with E-state index in [0.717, 1.165) is 24.5 Å². The van der Waals surface area contributed by atoms with Crippen LogP contribution in [0.5, 0.6) is 0 Å². The molecule has 0 aromatic rings. The van der Waals surface area contributed by atoms with Crippen LogP contribution in [-0.2, 0) is 0 Å². The van der Waals surface area contributed by atoms with Crippen molar-refractivity contribution in [1.82, 2.24) is 4.90 Å². The molecule has 1 aliphatic heterocycles. The third kappa shape index (κ3) is 3.03. The maximum Gasteiger partial charge on any atom is 0.0224 e. The first kappa shape index (κ1) is 13.4. The van der Waals surface area contributed by atoms with E-state index in [4.69, 9.17) is 5.73 Å². The van der Waals surface area contributed by atoms with Crippen molar-refractivity contribution in [3.63, 3.8) is 0 Å². The molecule has 2 heteroatoms. The summed E-state index contributed by atoms with van der Waals surface area (Å²) in [6.45, 7) is 5.63. The first-order chi connectivity index (χ1) is 8.26. The van der Waals surface area contributed by atoms with Crippen molar-refractivity contribution >= 4 is 0 Å². The molecule has 1 saturated carbocycles. The molecular formula is C15H30N2. The van der Waals surface area contributed by atoms with E-state index in [0.29, 0.717) is 6.04 Å². The topological polar surface area (TPSA) is 29.3 Å². The Hall–Kier alpha value is -0.0800. The van der Waals surface area contributed by atoms with E-state index < -0.39 is 0 Å². The number of nitrogens with two attached hydrogens (primary N) is 1. The molecule has 0 amide bonds. The molecule has 0 radical (unpaired) electrons. The molecule has 0 bridgehead atoms. The number of hydrogen-bond donors (Lipinski definition) is 1. The van der Waals surface area contributed by atoms with Crippen LogP contribution in [0, 0.1) is 5.92 Å². The fourth-order valence-corrected chi connectivity index (χ4v) is 4.11. The van der Waals surface area contributed by atoms with Gasteiger partial charge in [0, 0.05) is 24.7 Å². The highest BCUT2D eigenvalue weighted by atomic mass is 15.2. The minimum atomic E-state index is 0.666. The Labute approximate surface area is 107 Å². The van der Waals surface area contributed by atoms with Crippen molar-refractivity contribution in [3.8, 4) is 0 Å². The maximum absolute atomic E-state index is 5.99. The molecule has 17 heavy (non-hydrogen) atoms. The van der Waals surface area contributed by atoms with E-state index in [2.05, 4.69) is 18.7 Å². The lowest BCUT2D eigenvalue weighted by molar-refractivity contribution is 0.0216. The lowest BCUT2D eigenvalue weighted by atomic mass is 9.81. The Balaban J connectivity index is 2.01. The summed E-state index contributed by atoms with van der Waals surface area (Å²) in [7, 11) is 0. The third-order valence-electron chi connectivity index (χ3n) is 5.12. The average molecular weight is 238 g/mol. The SMILES string of the molecule is CCC1CCCC(N2C(C)CCCC2CN)C1. The van der Waals surface area contributed by atoms with Crippen LogP contribution in [0.25, 0.3) is 0 Å². The number of piperidine rings is 1. The van der Waals surface area contributed by atoms with Gasteiger partial charge in [0.05, 0.1) is 0 Å². The van der Waals surface area contributed by atoms with E-state index in [1.54, 1.807) is 0 Å². The van der Waals surface area contributed by atoms with E-state index in [1.807, 2.05) is 0 Å². The molecule has 100 valence electrons. The quantitative estimate of drug-likeness (QED) is 0.818. The van der Waals surface area contributed by atoms with Crippen LogP contribution in [0.2, 0.25) is 0 Å². The third-order valence-corrected chi connectivity index (χ3v) is 5.12. The molecule has 4 unspecified atom stereocenters. The van der Waals surface area contributed by atoms with Crippen LogP contribution < -0.4 is 5.73 Å². The van der Waals surface area contributed by atoms with Crippen LogP contribution in [0.15, 0.2) is 0 Å². The second-order valence-corrected chi connectivity index (χ2v) is 6.21. The summed E-state index contributed by atoms with van der Waals surface area (Å²) in [5.41, 5.74) is 5.99. The normalized spacial score (nSPS) is 40.4. The zero-order valence-corrected chi connectivity index (χ0v) is 11.7. The van der Waals surface area contributed by atoms with Gasteiger partial charge < -0.3 is 5.73 Å². The van der Waals surface area contributed by atoms with Gasteiger partial charge in [0.25, 0.3) is 0 Å². The van der Waals surface area contributed by atoms with Gasteiger partial charge in [-0.05, 0) is 38.5 Å². The number of likely N-dealkylation sites (tertiary alicyclic amines) is 1. The number of rotatable bonds is 3. The van der Waals surface area contributed by atoms with Crippen LogP contribution >= 0.6 is 0 Å². The van der Waals surface area contributed by atoms with E-state index in [1.165, 1.54) is 51.4 Å². The zero-order valence-electron chi connectivity index (χ0n) is 11.7. The van der Waals surface area contributed by atoms with E-state index in [9.17, 15) is 0 Å². The standard InChI is InChI=1S/C15H30N2/c1-3-13-7-5-8-14(10-13)17-12(2)6-4-9-15(17)11-16/h12-15H,3-11,16H2,1-2H3. The largest absolute Gasteiger partial charge is 0.329 e. The molecule has 2 N–H and O–H groups in total. The first-order valence-corrected chi connectivity index (χ1v) is 7.73. The lowest BCUT2D eigenvalue weighted by Gasteiger charge is -2.47. The van der Waals surface area contributed by atoms with Crippen molar-refractivity contribution in [2.75, 3.05) is 6.54 Å². The van der Waals surface area contributed by atoms with Gasteiger partial charge in [0.15, 0.2) is 0 Å². The summed E-state index contributed by atoms with van der Waals surface area (Å²) in [6, 6.07) is 2.26. The summed E-state index contributed by atoms with van der Waals surface area (Å²) in [4.78, 5) is 2.80. The molecule has 2 fully saturated rings. The predicted octanol–water partition coefficient (Wildman–Crippen LogP) is 3.16. The van der Waals surface area contributed by atoms with Crippen molar-refractivity contribution in [2.45, 2.75) is 83.3 Å². The van der Waals surface area contributed by atoms with Crippen molar-refractivity contribution in [2.24, 2.45) is 11.7 Å². The molecule has 0 spiro atoms. The molecule has 2 nitrogen and oxygen atoms in total. The van der Waals surface area contributed by atoms with Gasteiger partial charge in [0.1, 0.15) is 0 Å². The molecule has 0 aromatic heterocycles. The highest BCUT2D eigenvalue weighted by molar-refractivity contribution is 4.90. The average Bonchev–Trinajstić information content (AvgIpc) is 2.38. The van der Waals surface area contributed by atoms with Crippen molar-refractivity contribution in [3.05, 3.63) is 0 Å². The molecule has 0 aromatic carbocycles. The Morgan fingerprint density at radius 1 is 1.12 bits per heavy atom. The van der Waals surface area contributed by atoms with Gasteiger partial charge in [-0.25, -0.2) is 0 Å². The second kappa shape index (κ2) is 6.19. The molecule has 2 aliphatic rings. The fourth-order valence-electron chi connectivity index (χ4n) is 4.11. The molecule has 4 atom stereocenters. The maximum atomic E-state index is 5.99. The summed E-state index contributed by atoms with van der Waals surface area (Å²) >= 11 is 0. The smallest absolute Gasteiger partial charge is 0.0224 e.